The Morgan fingerprint density at radius 3 is 2.50 bits per heavy atom. The molecule has 2 aromatic rings. The molecule has 0 aliphatic carbocycles. The third-order valence-corrected chi connectivity index (χ3v) is 6.16. The number of rotatable bonds is 3. The van der Waals surface area contributed by atoms with Gasteiger partial charge in [0.2, 0.25) is 11.8 Å². The Kier molecular flexibility index (Phi) is 6.55. The lowest BCUT2D eigenvalue weighted by molar-refractivity contribution is -0.128. The number of nitrogens with zero attached hydrogens (tertiary/aromatic N) is 2. The van der Waals surface area contributed by atoms with Crippen LogP contribution in [-0.4, -0.2) is 34.2 Å². The summed E-state index contributed by atoms with van der Waals surface area (Å²) in [5, 5.41) is 3.97. The standard InChI is InChI=1S/C19H16Cl3N3O2S/c1-10-3-4-13(8-15(10)22)24-19-25(2)17(26)9-16(28-19)18(27)23-14-6-11(20)5-12(21)7-14/h3-8,16H,9H2,1-2H3,(H,23,27). The van der Waals surface area contributed by atoms with Crippen LogP contribution in [0.3, 0.4) is 0 Å². The molecule has 1 fully saturated rings. The molecule has 5 nitrogen and oxygen atoms in total. The van der Waals surface area contributed by atoms with E-state index in [0.717, 1.165) is 5.56 Å². The van der Waals surface area contributed by atoms with Crippen molar-refractivity contribution in [1.29, 1.82) is 0 Å². The van der Waals surface area contributed by atoms with Crippen LogP contribution < -0.4 is 5.32 Å². The fourth-order valence-electron chi connectivity index (χ4n) is 2.51. The third kappa shape index (κ3) is 5.00. The van der Waals surface area contributed by atoms with Crippen molar-refractivity contribution >= 4 is 74.9 Å². The predicted molar refractivity (Wildman–Crippen MR) is 117 cm³/mol. The van der Waals surface area contributed by atoms with Gasteiger partial charge in [0, 0.05) is 34.2 Å². The summed E-state index contributed by atoms with van der Waals surface area (Å²) in [4.78, 5) is 31.0. The minimum atomic E-state index is -0.624. The van der Waals surface area contributed by atoms with Gasteiger partial charge in [-0.25, -0.2) is 4.99 Å². The molecule has 0 spiro atoms. The van der Waals surface area contributed by atoms with Crippen LogP contribution >= 0.6 is 46.6 Å². The van der Waals surface area contributed by atoms with Crippen LogP contribution in [0.15, 0.2) is 41.4 Å². The molecule has 0 aromatic heterocycles. The fraction of sp³-hybridized carbons (Fsp3) is 0.211. The average Bonchev–Trinajstić information content (AvgIpc) is 2.61. The molecule has 0 saturated carbocycles. The first-order chi connectivity index (χ1) is 13.2. The summed E-state index contributed by atoms with van der Waals surface area (Å²) in [5.41, 5.74) is 2.02. The van der Waals surface area contributed by atoms with Gasteiger partial charge in [0.25, 0.3) is 0 Å². The van der Waals surface area contributed by atoms with E-state index >= 15 is 0 Å². The zero-order valence-corrected chi connectivity index (χ0v) is 18.1. The van der Waals surface area contributed by atoms with Gasteiger partial charge in [-0.05, 0) is 42.8 Å². The molecule has 1 atom stereocenters. The number of hydrogen-bond donors (Lipinski definition) is 1. The van der Waals surface area contributed by atoms with E-state index in [0.29, 0.717) is 31.6 Å². The molecule has 1 heterocycles. The van der Waals surface area contributed by atoms with Gasteiger partial charge >= 0.3 is 0 Å². The molecular weight excluding hydrogens is 441 g/mol. The molecule has 2 amide bonds. The number of amidine groups is 1. The number of hydrogen-bond acceptors (Lipinski definition) is 4. The van der Waals surface area contributed by atoms with Crippen molar-refractivity contribution in [3.05, 3.63) is 57.0 Å². The minimum absolute atomic E-state index is 0.0645. The zero-order valence-electron chi connectivity index (χ0n) is 15.0. The lowest BCUT2D eigenvalue weighted by atomic mass is 10.2. The number of carbonyl (C=O) groups is 2. The number of nitrogens with one attached hydrogen (secondary N) is 1. The first kappa shape index (κ1) is 21.0. The quantitative estimate of drug-likeness (QED) is 0.659. The van der Waals surface area contributed by atoms with Gasteiger partial charge in [-0.15, -0.1) is 0 Å². The average molecular weight is 457 g/mol. The van der Waals surface area contributed by atoms with Crippen molar-refractivity contribution in [2.45, 2.75) is 18.6 Å². The fourth-order valence-corrected chi connectivity index (χ4v) is 4.27. The van der Waals surface area contributed by atoms with E-state index in [1.54, 1.807) is 31.3 Å². The second-order valence-corrected chi connectivity index (χ2v) is 8.69. The second-order valence-electron chi connectivity index (χ2n) is 6.24. The van der Waals surface area contributed by atoms with Gasteiger partial charge in [0.1, 0.15) is 5.25 Å². The number of benzene rings is 2. The van der Waals surface area contributed by atoms with Crippen LogP contribution in [0.4, 0.5) is 11.4 Å². The molecule has 2 aromatic carbocycles. The number of aryl methyl sites for hydroxylation is 1. The van der Waals surface area contributed by atoms with E-state index in [2.05, 4.69) is 10.3 Å². The molecule has 9 heteroatoms. The van der Waals surface area contributed by atoms with Crippen molar-refractivity contribution < 1.29 is 9.59 Å². The molecule has 1 N–H and O–H groups in total. The van der Waals surface area contributed by atoms with Crippen LogP contribution in [0.1, 0.15) is 12.0 Å². The van der Waals surface area contributed by atoms with E-state index in [1.807, 2.05) is 19.1 Å². The van der Waals surface area contributed by atoms with Gasteiger partial charge < -0.3 is 5.32 Å². The summed E-state index contributed by atoms with van der Waals surface area (Å²) >= 11 is 19.3. The van der Waals surface area contributed by atoms with Crippen LogP contribution in [0.25, 0.3) is 0 Å². The lowest BCUT2D eigenvalue weighted by Crippen LogP contribution is -2.43. The van der Waals surface area contributed by atoms with Crippen molar-refractivity contribution in [2.75, 3.05) is 12.4 Å². The van der Waals surface area contributed by atoms with E-state index in [-0.39, 0.29) is 18.2 Å². The number of anilines is 1. The summed E-state index contributed by atoms with van der Waals surface area (Å²) in [7, 11) is 1.63. The lowest BCUT2D eigenvalue weighted by Gasteiger charge is -2.28. The number of amides is 2. The van der Waals surface area contributed by atoms with Crippen molar-refractivity contribution in [3.63, 3.8) is 0 Å². The highest BCUT2D eigenvalue weighted by Gasteiger charge is 2.34. The summed E-state index contributed by atoms with van der Waals surface area (Å²) in [6.07, 6.45) is 0.0645. The largest absolute Gasteiger partial charge is 0.325 e. The Bertz CT molecular complexity index is 961. The van der Waals surface area contributed by atoms with E-state index in [9.17, 15) is 9.59 Å². The molecule has 0 radical (unpaired) electrons. The minimum Gasteiger partial charge on any atom is -0.325 e. The summed E-state index contributed by atoms with van der Waals surface area (Å²) in [6.45, 7) is 1.90. The van der Waals surface area contributed by atoms with Crippen molar-refractivity contribution in [2.24, 2.45) is 4.99 Å². The number of carbonyl (C=O) groups excluding carboxylic acids is 2. The molecule has 28 heavy (non-hydrogen) atoms. The van der Waals surface area contributed by atoms with Crippen molar-refractivity contribution in [3.8, 4) is 0 Å². The van der Waals surface area contributed by atoms with Gasteiger partial charge in [-0.1, -0.05) is 52.6 Å². The highest BCUT2D eigenvalue weighted by Crippen LogP contribution is 2.31. The third-order valence-electron chi connectivity index (χ3n) is 4.07. The molecule has 0 bridgehead atoms. The van der Waals surface area contributed by atoms with Crippen molar-refractivity contribution in [1.82, 2.24) is 4.90 Å². The normalized spacial score (nSPS) is 18.5. The Labute approximate surface area is 182 Å². The molecule has 1 saturated heterocycles. The second kappa shape index (κ2) is 8.74. The first-order valence-corrected chi connectivity index (χ1v) is 10.3. The van der Waals surface area contributed by atoms with Gasteiger partial charge in [0.05, 0.1) is 5.69 Å². The Balaban J connectivity index is 1.81. The maximum Gasteiger partial charge on any atom is 0.238 e. The maximum absolute atomic E-state index is 12.7. The molecule has 146 valence electrons. The molecule has 1 aliphatic rings. The SMILES string of the molecule is Cc1ccc(N=C2SC(C(=O)Nc3cc(Cl)cc(Cl)c3)CC(=O)N2C)cc1Cl. The Hall–Kier alpha value is -1.73. The number of halogens is 3. The van der Waals surface area contributed by atoms with Crippen LogP contribution in [0.2, 0.25) is 15.1 Å². The van der Waals surface area contributed by atoms with E-state index < -0.39 is 5.25 Å². The van der Waals surface area contributed by atoms with Crippen LogP contribution in [-0.2, 0) is 9.59 Å². The molecule has 1 aliphatic heterocycles. The Morgan fingerprint density at radius 1 is 1.18 bits per heavy atom. The molecule has 1 unspecified atom stereocenters. The predicted octanol–water partition coefficient (Wildman–Crippen LogP) is 5.55. The summed E-state index contributed by atoms with van der Waals surface area (Å²) in [6, 6.07) is 10.1. The van der Waals surface area contributed by atoms with E-state index in [1.165, 1.54) is 16.7 Å². The zero-order chi connectivity index (χ0) is 20.4. The highest BCUT2D eigenvalue weighted by atomic mass is 35.5. The number of aliphatic imine (C=N–C) groups is 1. The van der Waals surface area contributed by atoms with E-state index in [4.69, 9.17) is 34.8 Å². The first-order valence-electron chi connectivity index (χ1n) is 8.28. The summed E-state index contributed by atoms with van der Waals surface area (Å²) < 4.78 is 0. The van der Waals surface area contributed by atoms with Crippen LogP contribution in [0.5, 0.6) is 0 Å². The van der Waals surface area contributed by atoms with Gasteiger partial charge in [-0.2, -0.15) is 0 Å². The number of thioether (sulfide) groups is 1. The monoisotopic (exact) mass is 455 g/mol. The smallest absolute Gasteiger partial charge is 0.238 e. The van der Waals surface area contributed by atoms with Gasteiger partial charge in [0.15, 0.2) is 5.17 Å². The van der Waals surface area contributed by atoms with Crippen LogP contribution in [0, 0.1) is 6.92 Å². The molecular formula is C19H16Cl3N3O2S. The van der Waals surface area contributed by atoms with Gasteiger partial charge in [-0.3, -0.25) is 14.5 Å². The summed E-state index contributed by atoms with van der Waals surface area (Å²) in [5.74, 6) is -0.514. The highest BCUT2D eigenvalue weighted by molar-refractivity contribution is 8.15. The maximum atomic E-state index is 12.7. The molecule has 3 rings (SSSR count). The Morgan fingerprint density at radius 2 is 1.86 bits per heavy atom. The topological polar surface area (TPSA) is 61.8 Å².